The van der Waals surface area contributed by atoms with Crippen molar-refractivity contribution in [3.05, 3.63) is 46.2 Å². The van der Waals surface area contributed by atoms with Crippen LogP contribution in [0.2, 0.25) is 10.0 Å². The summed E-state index contributed by atoms with van der Waals surface area (Å²) in [6.07, 6.45) is 3.19. The number of carboxylic acids is 1. The highest BCUT2D eigenvalue weighted by Crippen LogP contribution is 2.27. The minimum Gasteiger partial charge on any atom is -0.481 e. The van der Waals surface area contributed by atoms with E-state index in [0.29, 0.717) is 34.3 Å². The predicted octanol–water partition coefficient (Wildman–Crippen LogP) is 2.88. The molecule has 0 radical (unpaired) electrons. The van der Waals surface area contributed by atoms with E-state index >= 15 is 0 Å². The third-order valence-corrected chi connectivity index (χ3v) is 4.90. The summed E-state index contributed by atoms with van der Waals surface area (Å²) in [7, 11) is 1.55. The highest BCUT2D eigenvalue weighted by Gasteiger charge is 2.37. The van der Waals surface area contributed by atoms with Crippen LogP contribution in [0.15, 0.2) is 30.6 Å². The molecule has 0 bridgehead atoms. The number of aromatic nitrogens is 2. The maximum absolute atomic E-state index is 12.9. The number of benzene rings is 1. The van der Waals surface area contributed by atoms with E-state index in [1.807, 2.05) is 0 Å². The molecule has 1 amide bonds. The van der Waals surface area contributed by atoms with Gasteiger partial charge >= 0.3 is 5.97 Å². The van der Waals surface area contributed by atoms with Crippen LogP contribution in [0, 0.1) is 0 Å². The third-order valence-electron chi connectivity index (χ3n) is 4.37. The van der Waals surface area contributed by atoms with Crippen LogP contribution in [0.3, 0.4) is 0 Å². The number of amides is 1. The highest BCUT2D eigenvalue weighted by molar-refractivity contribution is 6.35. The highest BCUT2D eigenvalue weighted by atomic mass is 35.5. The zero-order valence-corrected chi connectivity index (χ0v) is 15.4. The zero-order chi connectivity index (χ0) is 18.8. The molecule has 1 aliphatic rings. The summed E-state index contributed by atoms with van der Waals surface area (Å²) in [6.45, 7) is 0.347. The Bertz CT molecular complexity index is 839. The van der Waals surface area contributed by atoms with Gasteiger partial charge in [-0.25, -0.2) is 4.68 Å². The second kappa shape index (κ2) is 7.65. The molecule has 2 heterocycles. The molecule has 1 saturated heterocycles. The summed E-state index contributed by atoms with van der Waals surface area (Å²) in [5.74, 6) is -1.24. The molecule has 0 spiro atoms. The maximum Gasteiger partial charge on any atom is 0.305 e. The first-order valence-corrected chi connectivity index (χ1v) is 8.70. The van der Waals surface area contributed by atoms with Crippen LogP contribution in [0.5, 0.6) is 0 Å². The predicted molar refractivity (Wildman–Crippen MR) is 96.1 cm³/mol. The number of nitrogens with zero attached hydrogens (tertiary/aromatic N) is 3. The summed E-state index contributed by atoms with van der Waals surface area (Å²) < 4.78 is 6.79. The lowest BCUT2D eigenvalue weighted by Gasteiger charge is -2.22. The van der Waals surface area contributed by atoms with Crippen molar-refractivity contribution in [1.82, 2.24) is 14.7 Å². The standard InChI is InChI=1S/C17H17Cl2N3O4/c1-26-13-5-12(6-16(23)24)21(9-13)17(25)10-7-20-22(8-10)15-3-2-11(18)4-14(15)19/h2-4,7-8,12-13H,5-6,9H2,1H3,(H,23,24). The van der Waals surface area contributed by atoms with Gasteiger partial charge in [0.05, 0.1) is 35.0 Å². The average molecular weight is 398 g/mol. The van der Waals surface area contributed by atoms with E-state index in [0.717, 1.165) is 0 Å². The average Bonchev–Trinajstić information content (AvgIpc) is 3.21. The Morgan fingerprint density at radius 1 is 1.38 bits per heavy atom. The maximum atomic E-state index is 12.9. The number of likely N-dealkylation sites (tertiary alicyclic amines) is 1. The molecule has 1 aromatic heterocycles. The smallest absolute Gasteiger partial charge is 0.305 e. The minimum absolute atomic E-state index is 0.122. The Morgan fingerprint density at radius 2 is 2.15 bits per heavy atom. The van der Waals surface area contributed by atoms with E-state index in [1.165, 1.54) is 15.8 Å². The Balaban J connectivity index is 1.83. The molecule has 1 fully saturated rings. The SMILES string of the molecule is COC1CC(CC(=O)O)N(C(=O)c2cnn(-c3ccc(Cl)cc3Cl)c2)C1. The number of methoxy groups -OCH3 is 1. The molecule has 0 aliphatic carbocycles. The van der Waals surface area contributed by atoms with Crippen molar-refractivity contribution in [2.45, 2.75) is 25.0 Å². The molecule has 138 valence electrons. The first kappa shape index (κ1) is 18.7. The molecule has 3 rings (SSSR count). The Hall–Kier alpha value is -2.09. The van der Waals surface area contributed by atoms with E-state index in [1.54, 1.807) is 31.5 Å². The Morgan fingerprint density at radius 3 is 2.81 bits per heavy atom. The topological polar surface area (TPSA) is 84.7 Å². The molecule has 0 saturated carbocycles. The normalized spacial score (nSPS) is 19.7. The van der Waals surface area contributed by atoms with Crippen LogP contribution in [-0.2, 0) is 9.53 Å². The zero-order valence-electron chi connectivity index (χ0n) is 13.9. The van der Waals surface area contributed by atoms with Crippen molar-refractivity contribution in [2.24, 2.45) is 0 Å². The van der Waals surface area contributed by atoms with Crippen LogP contribution >= 0.6 is 23.2 Å². The largest absolute Gasteiger partial charge is 0.481 e. The van der Waals surface area contributed by atoms with Crippen LogP contribution in [-0.4, -0.2) is 57.5 Å². The molecular weight excluding hydrogens is 381 g/mol. The number of ether oxygens (including phenoxy) is 1. The quantitative estimate of drug-likeness (QED) is 0.838. The van der Waals surface area contributed by atoms with Gasteiger partial charge in [0.1, 0.15) is 0 Å². The number of hydrogen-bond donors (Lipinski definition) is 1. The summed E-state index contributed by atoms with van der Waals surface area (Å²) in [5.41, 5.74) is 0.941. The van der Waals surface area contributed by atoms with Gasteiger partial charge in [0.15, 0.2) is 0 Å². The van der Waals surface area contributed by atoms with Crippen LogP contribution < -0.4 is 0 Å². The fourth-order valence-electron chi connectivity index (χ4n) is 3.09. The fraction of sp³-hybridized carbons (Fsp3) is 0.353. The molecule has 2 atom stereocenters. The Kier molecular flexibility index (Phi) is 5.50. The summed E-state index contributed by atoms with van der Waals surface area (Å²) >= 11 is 12.1. The molecular formula is C17H17Cl2N3O4. The van der Waals surface area contributed by atoms with E-state index < -0.39 is 12.0 Å². The molecule has 1 aromatic carbocycles. The molecule has 26 heavy (non-hydrogen) atoms. The van der Waals surface area contributed by atoms with E-state index in [4.69, 9.17) is 33.0 Å². The van der Waals surface area contributed by atoms with Gasteiger partial charge in [-0.1, -0.05) is 23.2 Å². The lowest BCUT2D eigenvalue weighted by Crippen LogP contribution is -2.37. The molecule has 2 aromatic rings. The second-order valence-corrected chi connectivity index (χ2v) is 6.92. The van der Waals surface area contributed by atoms with Crippen molar-refractivity contribution in [1.29, 1.82) is 0 Å². The third kappa shape index (κ3) is 3.85. The second-order valence-electron chi connectivity index (χ2n) is 6.07. The van der Waals surface area contributed by atoms with Gasteiger partial charge < -0.3 is 14.7 Å². The first-order valence-electron chi connectivity index (χ1n) is 7.94. The van der Waals surface area contributed by atoms with Crippen molar-refractivity contribution in [3.63, 3.8) is 0 Å². The number of carbonyl (C=O) groups excluding carboxylic acids is 1. The number of hydrogen-bond acceptors (Lipinski definition) is 4. The van der Waals surface area contributed by atoms with Gasteiger partial charge in [0.2, 0.25) is 0 Å². The van der Waals surface area contributed by atoms with Crippen LogP contribution in [0.1, 0.15) is 23.2 Å². The van der Waals surface area contributed by atoms with Gasteiger partial charge in [-0.15, -0.1) is 0 Å². The van der Waals surface area contributed by atoms with E-state index in [9.17, 15) is 9.59 Å². The minimum atomic E-state index is -0.951. The van der Waals surface area contributed by atoms with Gasteiger partial charge in [-0.05, 0) is 24.6 Å². The van der Waals surface area contributed by atoms with Crippen molar-refractivity contribution in [2.75, 3.05) is 13.7 Å². The van der Waals surface area contributed by atoms with Crippen LogP contribution in [0.25, 0.3) is 5.69 Å². The van der Waals surface area contributed by atoms with Crippen molar-refractivity contribution < 1.29 is 19.4 Å². The number of carbonyl (C=O) groups is 2. The monoisotopic (exact) mass is 397 g/mol. The van der Waals surface area contributed by atoms with Crippen molar-refractivity contribution >= 4 is 35.1 Å². The van der Waals surface area contributed by atoms with Gasteiger partial charge in [0.25, 0.3) is 5.91 Å². The lowest BCUT2D eigenvalue weighted by molar-refractivity contribution is -0.137. The summed E-state index contributed by atoms with van der Waals surface area (Å²) in [6, 6.07) is 4.57. The summed E-state index contributed by atoms with van der Waals surface area (Å²) in [4.78, 5) is 25.5. The molecule has 1 aliphatic heterocycles. The van der Waals surface area contributed by atoms with Gasteiger partial charge in [-0.2, -0.15) is 5.10 Å². The van der Waals surface area contributed by atoms with Crippen molar-refractivity contribution in [3.8, 4) is 5.69 Å². The van der Waals surface area contributed by atoms with E-state index in [-0.39, 0.29) is 18.4 Å². The molecule has 7 nitrogen and oxygen atoms in total. The number of rotatable bonds is 5. The number of aliphatic carboxylic acids is 1. The first-order chi connectivity index (χ1) is 12.4. The molecule has 1 N–H and O–H groups in total. The Labute approximate surface area is 160 Å². The fourth-order valence-corrected chi connectivity index (χ4v) is 3.58. The van der Waals surface area contributed by atoms with Crippen LogP contribution in [0.4, 0.5) is 0 Å². The number of carboxylic acid groups (broad SMARTS) is 1. The number of halogens is 2. The van der Waals surface area contributed by atoms with E-state index in [2.05, 4.69) is 5.10 Å². The summed E-state index contributed by atoms with van der Waals surface area (Å²) in [5, 5.41) is 14.2. The van der Waals surface area contributed by atoms with Gasteiger partial charge in [-0.3, -0.25) is 9.59 Å². The van der Waals surface area contributed by atoms with Gasteiger partial charge in [0, 0.05) is 30.9 Å². The molecule has 9 heteroatoms. The molecule has 2 unspecified atom stereocenters. The lowest BCUT2D eigenvalue weighted by atomic mass is 10.1.